The maximum Gasteiger partial charge on any atom is 0.0476 e. The first-order valence-corrected chi connectivity index (χ1v) is 7.80. The Hall–Kier alpha value is -0.860. The van der Waals surface area contributed by atoms with Crippen molar-refractivity contribution in [2.24, 2.45) is 0 Å². The molecule has 106 valence electrons. The predicted octanol–water partition coefficient (Wildman–Crippen LogP) is 3.60. The number of rotatable bonds is 5. The third-order valence-electron chi connectivity index (χ3n) is 4.38. The van der Waals surface area contributed by atoms with Crippen LogP contribution >= 0.6 is 0 Å². The second-order valence-electron chi connectivity index (χ2n) is 5.77. The van der Waals surface area contributed by atoms with Crippen LogP contribution < -0.4 is 5.32 Å². The van der Waals surface area contributed by atoms with E-state index < -0.39 is 0 Å². The molecule has 0 spiro atoms. The van der Waals surface area contributed by atoms with Crippen molar-refractivity contribution in [3.8, 4) is 0 Å². The van der Waals surface area contributed by atoms with E-state index in [1.807, 2.05) is 0 Å². The van der Waals surface area contributed by atoms with E-state index in [2.05, 4.69) is 61.3 Å². The van der Waals surface area contributed by atoms with Crippen molar-refractivity contribution >= 4 is 0 Å². The van der Waals surface area contributed by atoms with Gasteiger partial charge in [-0.1, -0.05) is 50.6 Å². The summed E-state index contributed by atoms with van der Waals surface area (Å²) in [4.78, 5) is 2.71. The summed E-state index contributed by atoms with van der Waals surface area (Å²) in [6.45, 7) is 9.21. The van der Waals surface area contributed by atoms with Crippen molar-refractivity contribution in [1.82, 2.24) is 10.2 Å². The standard InChI is InChI=1S/C17H28N2/c1-4-9-14(3)19-13-16(5-2)18-12-17(19)15-10-7-6-8-11-15/h6-8,10-11,14,16-18H,4-5,9,12-13H2,1-3H3. The van der Waals surface area contributed by atoms with Crippen LogP contribution in [0, 0.1) is 0 Å². The Morgan fingerprint density at radius 1 is 1.26 bits per heavy atom. The van der Waals surface area contributed by atoms with E-state index in [1.54, 1.807) is 0 Å². The average molecular weight is 260 g/mol. The molecule has 2 rings (SSSR count). The zero-order valence-electron chi connectivity index (χ0n) is 12.6. The monoisotopic (exact) mass is 260 g/mol. The number of hydrogen-bond donors (Lipinski definition) is 1. The van der Waals surface area contributed by atoms with E-state index in [4.69, 9.17) is 0 Å². The molecule has 1 heterocycles. The largest absolute Gasteiger partial charge is 0.311 e. The van der Waals surface area contributed by atoms with Gasteiger partial charge in [0.25, 0.3) is 0 Å². The molecule has 1 aliphatic rings. The van der Waals surface area contributed by atoms with Crippen LogP contribution in [0.1, 0.15) is 51.6 Å². The smallest absolute Gasteiger partial charge is 0.0476 e. The quantitative estimate of drug-likeness (QED) is 0.870. The molecule has 2 heteroatoms. The summed E-state index contributed by atoms with van der Waals surface area (Å²) in [5, 5.41) is 3.70. The number of hydrogen-bond acceptors (Lipinski definition) is 2. The van der Waals surface area contributed by atoms with Crippen molar-refractivity contribution in [2.45, 2.75) is 58.2 Å². The van der Waals surface area contributed by atoms with Gasteiger partial charge in [0.05, 0.1) is 0 Å². The number of nitrogens with zero attached hydrogens (tertiary/aromatic N) is 1. The summed E-state index contributed by atoms with van der Waals surface area (Å²) in [7, 11) is 0. The summed E-state index contributed by atoms with van der Waals surface area (Å²) in [5.74, 6) is 0. The number of piperazine rings is 1. The fourth-order valence-corrected chi connectivity index (χ4v) is 3.17. The Morgan fingerprint density at radius 2 is 2.00 bits per heavy atom. The molecular formula is C17H28N2. The van der Waals surface area contributed by atoms with Crippen LogP contribution in [0.2, 0.25) is 0 Å². The molecule has 0 saturated carbocycles. The van der Waals surface area contributed by atoms with E-state index >= 15 is 0 Å². The van der Waals surface area contributed by atoms with Gasteiger partial charge in [0.2, 0.25) is 0 Å². The highest BCUT2D eigenvalue weighted by Gasteiger charge is 2.30. The van der Waals surface area contributed by atoms with Crippen molar-refractivity contribution < 1.29 is 0 Å². The van der Waals surface area contributed by atoms with Gasteiger partial charge in [-0.15, -0.1) is 0 Å². The first kappa shape index (κ1) is 14.5. The lowest BCUT2D eigenvalue weighted by Crippen LogP contribution is -2.54. The van der Waals surface area contributed by atoms with Gasteiger partial charge in [0, 0.05) is 31.2 Å². The van der Waals surface area contributed by atoms with E-state index in [0.29, 0.717) is 18.1 Å². The predicted molar refractivity (Wildman–Crippen MR) is 82.3 cm³/mol. The molecule has 3 unspecified atom stereocenters. The minimum atomic E-state index is 0.533. The van der Waals surface area contributed by atoms with Gasteiger partial charge >= 0.3 is 0 Å². The molecule has 1 saturated heterocycles. The minimum absolute atomic E-state index is 0.533. The average Bonchev–Trinajstić information content (AvgIpc) is 2.47. The van der Waals surface area contributed by atoms with Gasteiger partial charge in [-0.2, -0.15) is 0 Å². The molecule has 1 aliphatic heterocycles. The molecular weight excluding hydrogens is 232 g/mol. The van der Waals surface area contributed by atoms with Crippen LogP contribution in [-0.2, 0) is 0 Å². The Kier molecular flexibility index (Phi) is 5.41. The summed E-state index contributed by atoms with van der Waals surface area (Å²) in [6, 6.07) is 12.8. The van der Waals surface area contributed by atoms with Crippen molar-refractivity contribution in [1.29, 1.82) is 0 Å². The Morgan fingerprint density at radius 3 is 2.63 bits per heavy atom. The lowest BCUT2D eigenvalue weighted by molar-refractivity contribution is 0.0828. The molecule has 1 aromatic carbocycles. The molecule has 1 aromatic rings. The van der Waals surface area contributed by atoms with Gasteiger partial charge in [-0.05, 0) is 25.3 Å². The van der Waals surface area contributed by atoms with Crippen LogP contribution in [-0.4, -0.2) is 30.1 Å². The third-order valence-corrected chi connectivity index (χ3v) is 4.38. The zero-order chi connectivity index (χ0) is 13.7. The molecule has 0 aliphatic carbocycles. The molecule has 1 fully saturated rings. The molecule has 1 N–H and O–H groups in total. The highest BCUT2D eigenvalue weighted by molar-refractivity contribution is 5.20. The number of benzene rings is 1. The summed E-state index contributed by atoms with van der Waals surface area (Å²) < 4.78 is 0. The van der Waals surface area contributed by atoms with Crippen LogP contribution in [0.25, 0.3) is 0 Å². The molecule has 0 bridgehead atoms. The molecule has 0 radical (unpaired) electrons. The molecule has 2 nitrogen and oxygen atoms in total. The van der Waals surface area contributed by atoms with Gasteiger partial charge in [-0.3, -0.25) is 4.90 Å². The van der Waals surface area contributed by atoms with Gasteiger partial charge in [0.1, 0.15) is 0 Å². The zero-order valence-corrected chi connectivity index (χ0v) is 12.6. The van der Waals surface area contributed by atoms with Crippen LogP contribution in [0.15, 0.2) is 30.3 Å². The number of nitrogens with one attached hydrogen (secondary N) is 1. The van der Waals surface area contributed by atoms with Crippen LogP contribution in [0.5, 0.6) is 0 Å². The van der Waals surface area contributed by atoms with Gasteiger partial charge < -0.3 is 5.32 Å². The third kappa shape index (κ3) is 3.58. The summed E-state index contributed by atoms with van der Waals surface area (Å²) >= 11 is 0. The lowest BCUT2D eigenvalue weighted by Gasteiger charge is -2.44. The normalized spacial score (nSPS) is 26.3. The SMILES string of the molecule is CCCC(C)N1CC(CC)NCC1c1ccccc1. The highest BCUT2D eigenvalue weighted by atomic mass is 15.3. The maximum atomic E-state index is 3.70. The van der Waals surface area contributed by atoms with E-state index in [-0.39, 0.29) is 0 Å². The molecule has 0 aromatic heterocycles. The molecule has 19 heavy (non-hydrogen) atoms. The van der Waals surface area contributed by atoms with E-state index in [1.165, 1.54) is 31.4 Å². The second kappa shape index (κ2) is 7.06. The maximum absolute atomic E-state index is 3.70. The Balaban J connectivity index is 2.15. The molecule has 3 atom stereocenters. The van der Waals surface area contributed by atoms with Crippen molar-refractivity contribution in [3.05, 3.63) is 35.9 Å². The van der Waals surface area contributed by atoms with Gasteiger partial charge in [-0.25, -0.2) is 0 Å². The van der Waals surface area contributed by atoms with Gasteiger partial charge in [0.15, 0.2) is 0 Å². The van der Waals surface area contributed by atoms with E-state index in [0.717, 1.165) is 6.54 Å². The Labute approximate surface area is 118 Å². The van der Waals surface area contributed by atoms with Crippen molar-refractivity contribution in [3.63, 3.8) is 0 Å². The van der Waals surface area contributed by atoms with Crippen LogP contribution in [0.4, 0.5) is 0 Å². The summed E-state index contributed by atoms with van der Waals surface area (Å²) in [6.07, 6.45) is 3.78. The Bertz CT molecular complexity index is 363. The fourth-order valence-electron chi connectivity index (χ4n) is 3.17. The van der Waals surface area contributed by atoms with E-state index in [9.17, 15) is 0 Å². The fraction of sp³-hybridized carbons (Fsp3) is 0.647. The lowest BCUT2D eigenvalue weighted by atomic mass is 9.97. The second-order valence-corrected chi connectivity index (χ2v) is 5.77. The topological polar surface area (TPSA) is 15.3 Å². The molecule has 0 amide bonds. The minimum Gasteiger partial charge on any atom is -0.311 e. The first-order valence-electron chi connectivity index (χ1n) is 7.80. The summed E-state index contributed by atoms with van der Waals surface area (Å²) in [5.41, 5.74) is 1.45. The highest BCUT2D eigenvalue weighted by Crippen LogP contribution is 2.27. The van der Waals surface area contributed by atoms with Crippen molar-refractivity contribution in [2.75, 3.05) is 13.1 Å². The first-order chi connectivity index (χ1) is 9.26. The van der Waals surface area contributed by atoms with Crippen LogP contribution in [0.3, 0.4) is 0 Å².